The van der Waals surface area contributed by atoms with E-state index in [0.29, 0.717) is 0 Å². The summed E-state index contributed by atoms with van der Waals surface area (Å²) >= 11 is 0. The highest BCUT2D eigenvalue weighted by Gasteiger charge is 2.23. The number of hydrogen-bond donors (Lipinski definition) is 1. The van der Waals surface area contributed by atoms with Crippen LogP contribution in [-0.2, 0) is 6.42 Å². The van der Waals surface area contributed by atoms with Gasteiger partial charge in [0.15, 0.2) is 0 Å². The number of nitrogens with zero attached hydrogens (tertiary/aromatic N) is 2. The zero-order valence-corrected chi connectivity index (χ0v) is 12.7. The van der Waals surface area contributed by atoms with E-state index in [4.69, 9.17) is 5.73 Å². The lowest BCUT2D eigenvalue weighted by Crippen LogP contribution is -2.33. The number of aryl methyl sites for hydroxylation is 2. The number of hydrogen-bond acceptors (Lipinski definition) is 2. The van der Waals surface area contributed by atoms with Crippen molar-refractivity contribution < 1.29 is 0 Å². The standard InChI is InChI=1S/C17H25N3/c1-4-8-16-19-11-12-20(16)17(15(18)5-2)14-10-7-6-9-13(14)3/h6-7,9-12,15,17H,4-5,8,18H2,1-3H3. The van der Waals surface area contributed by atoms with Crippen LogP contribution in [0.4, 0.5) is 0 Å². The zero-order chi connectivity index (χ0) is 14.5. The average molecular weight is 271 g/mol. The Balaban J connectivity index is 2.48. The van der Waals surface area contributed by atoms with Gasteiger partial charge in [0, 0.05) is 24.9 Å². The maximum atomic E-state index is 6.43. The van der Waals surface area contributed by atoms with E-state index in [-0.39, 0.29) is 12.1 Å². The van der Waals surface area contributed by atoms with Gasteiger partial charge in [-0.25, -0.2) is 4.98 Å². The Morgan fingerprint density at radius 1 is 1.25 bits per heavy atom. The highest BCUT2D eigenvalue weighted by atomic mass is 15.1. The van der Waals surface area contributed by atoms with Crippen molar-refractivity contribution in [3.8, 4) is 0 Å². The third kappa shape index (κ3) is 2.93. The summed E-state index contributed by atoms with van der Waals surface area (Å²) in [7, 11) is 0. The topological polar surface area (TPSA) is 43.8 Å². The predicted octanol–water partition coefficient (Wildman–Crippen LogP) is 3.47. The molecule has 2 unspecified atom stereocenters. The molecule has 0 saturated heterocycles. The van der Waals surface area contributed by atoms with Gasteiger partial charge in [-0.2, -0.15) is 0 Å². The third-order valence-corrected chi connectivity index (χ3v) is 3.91. The maximum Gasteiger partial charge on any atom is 0.109 e. The van der Waals surface area contributed by atoms with Gasteiger partial charge in [-0.1, -0.05) is 38.1 Å². The molecule has 0 aliphatic rings. The first-order valence-electron chi connectivity index (χ1n) is 7.51. The van der Waals surface area contributed by atoms with Crippen LogP contribution >= 0.6 is 0 Å². The van der Waals surface area contributed by atoms with Crippen LogP contribution in [0.2, 0.25) is 0 Å². The van der Waals surface area contributed by atoms with Crippen molar-refractivity contribution in [3.05, 3.63) is 53.6 Å². The summed E-state index contributed by atoms with van der Waals surface area (Å²) in [6.07, 6.45) is 6.99. The Labute approximate surface area is 121 Å². The number of imidazole rings is 1. The quantitative estimate of drug-likeness (QED) is 0.874. The fourth-order valence-electron chi connectivity index (χ4n) is 2.74. The monoisotopic (exact) mass is 271 g/mol. The molecule has 2 N–H and O–H groups in total. The molecule has 1 heterocycles. The second-order valence-electron chi connectivity index (χ2n) is 5.37. The van der Waals surface area contributed by atoms with E-state index in [9.17, 15) is 0 Å². The first-order valence-corrected chi connectivity index (χ1v) is 7.51. The molecule has 0 radical (unpaired) electrons. The normalized spacial score (nSPS) is 14.2. The maximum absolute atomic E-state index is 6.43. The minimum absolute atomic E-state index is 0.0981. The van der Waals surface area contributed by atoms with Gasteiger partial charge < -0.3 is 10.3 Å². The third-order valence-electron chi connectivity index (χ3n) is 3.91. The van der Waals surface area contributed by atoms with Gasteiger partial charge >= 0.3 is 0 Å². The van der Waals surface area contributed by atoms with E-state index in [1.54, 1.807) is 0 Å². The van der Waals surface area contributed by atoms with E-state index in [2.05, 4.69) is 60.8 Å². The molecule has 2 rings (SSSR count). The molecule has 2 aromatic rings. The molecule has 20 heavy (non-hydrogen) atoms. The Morgan fingerprint density at radius 3 is 2.65 bits per heavy atom. The van der Waals surface area contributed by atoms with Gasteiger partial charge in [0.2, 0.25) is 0 Å². The molecule has 0 fully saturated rings. The van der Waals surface area contributed by atoms with Crippen molar-refractivity contribution in [2.75, 3.05) is 0 Å². The van der Waals surface area contributed by atoms with E-state index >= 15 is 0 Å². The van der Waals surface area contributed by atoms with Crippen LogP contribution in [0, 0.1) is 6.92 Å². The lowest BCUT2D eigenvalue weighted by atomic mass is 9.94. The molecule has 3 heteroatoms. The van der Waals surface area contributed by atoms with Crippen molar-refractivity contribution in [2.24, 2.45) is 5.73 Å². The SMILES string of the molecule is CCCc1nccn1C(c1ccccc1C)C(N)CC. The van der Waals surface area contributed by atoms with E-state index in [1.807, 2.05) is 6.20 Å². The van der Waals surface area contributed by atoms with Crippen LogP contribution < -0.4 is 5.73 Å². The van der Waals surface area contributed by atoms with Crippen molar-refractivity contribution in [3.63, 3.8) is 0 Å². The lowest BCUT2D eigenvalue weighted by Gasteiger charge is -2.28. The number of benzene rings is 1. The molecular weight excluding hydrogens is 246 g/mol. The Morgan fingerprint density at radius 2 is 2.00 bits per heavy atom. The summed E-state index contributed by atoms with van der Waals surface area (Å²) in [6.45, 7) is 6.48. The minimum Gasteiger partial charge on any atom is -0.326 e. The van der Waals surface area contributed by atoms with Crippen molar-refractivity contribution >= 4 is 0 Å². The smallest absolute Gasteiger partial charge is 0.109 e. The fraction of sp³-hybridized carbons (Fsp3) is 0.471. The second kappa shape index (κ2) is 6.71. The molecule has 2 atom stereocenters. The Hall–Kier alpha value is -1.61. The number of rotatable bonds is 6. The Kier molecular flexibility index (Phi) is 4.96. The molecule has 0 spiro atoms. The summed E-state index contributed by atoms with van der Waals surface area (Å²) in [5.41, 5.74) is 9.02. The van der Waals surface area contributed by atoms with E-state index < -0.39 is 0 Å². The zero-order valence-electron chi connectivity index (χ0n) is 12.7. The fourth-order valence-corrected chi connectivity index (χ4v) is 2.74. The van der Waals surface area contributed by atoms with Crippen molar-refractivity contribution in [1.82, 2.24) is 9.55 Å². The highest BCUT2D eigenvalue weighted by Crippen LogP contribution is 2.27. The summed E-state index contributed by atoms with van der Waals surface area (Å²) in [5.74, 6) is 1.13. The summed E-state index contributed by atoms with van der Waals surface area (Å²) in [4.78, 5) is 4.51. The summed E-state index contributed by atoms with van der Waals surface area (Å²) in [5, 5.41) is 0. The molecular formula is C17H25N3. The number of aromatic nitrogens is 2. The van der Waals surface area contributed by atoms with Crippen molar-refractivity contribution in [2.45, 2.75) is 52.1 Å². The molecule has 1 aromatic heterocycles. The highest BCUT2D eigenvalue weighted by molar-refractivity contribution is 5.31. The molecule has 3 nitrogen and oxygen atoms in total. The average Bonchev–Trinajstić information content (AvgIpc) is 2.89. The van der Waals surface area contributed by atoms with Crippen LogP contribution in [0.3, 0.4) is 0 Å². The molecule has 0 saturated carbocycles. The van der Waals surface area contributed by atoms with Crippen LogP contribution in [0.15, 0.2) is 36.7 Å². The van der Waals surface area contributed by atoms with Crippen molar-refractivity contribution in [1.29, 1.82) is 0 Å². The predicted molar refractivity (Wildman–Crippen MR) is 83.8 cm³/mol. The van der Waals surface area contributed by atoms with Crippen LogP contribution in [0.5, 0.6) is 0 Å². The van der Waals surface area contributed by atoms with Gasteiger partial charge in [-0.3, -0.25) is 0 Å². The first-order chi connectivity index (χ1) is 9.69. The summed E-state index contributed by atoms with van der Waals surface area (Å²) in [6, 6.07) is 8.78. The second-order valence-corrected chi connectivity index (χ2v) is 5.37. The van der Waals surface area contributed by atoms with Gasteiger partial charge in [-0.05, 0) is 30.9 Å². The van der Waals surface area contributed by atoms with Gasteiger partial charge in [0.05, 0.1) is 6.04 Å². The van der Waals surface area contributed by atoms with Gasteiger partial charge in [0.25, 0.3) is 0 Å². The van der Waals surface area contributed by atoms with Crippen LogP contribution in [0.25, 0.3) is 0 Å². The molecule has 1 aromatic carbocycles. The molecule has 0 amide bonds. The van der Waals surface area contributed by atoms with Crippen LogP contribution in [0.1, 0.15) is 49.7 Å². The number of nitrogens with two attached hydrogens (primary N) is 1. The largest absolute Gasteiger partial charge is 0.326 e. The minimum atomic E-state index is 0.0981. The summed E-state index contributed by atoms with van der Waals surface area (Å²) < 4.78 is 2.26. The molecule has 0 aliphatic carbocycles. The Bertz CT molecular complexity index is 545. The molecule has 0 aliphatic heterocycles. The molecule has 108 valence electrons. The first kappa shape index (κ1) is 14.8. The van der Waals surface area contributed by atoms with Crippen LogP contribution in [-0.4, -0.2) is 15.6 Å². The van der Waals surface area contributed by atoms with E-state index in [1.165, 1.54) is 11.1 Å². The van der Waals surface area contributed by atoms with Gasteiger partial charge in [-0.15, -0.1) is 0 Å². The lowest BCUT2D eigenvalue weighted by molar-refractivity contribution is 0.443. The molecule has 0 bridgehead atoms. The van der Waals surface area contributed by atoms with E-state index in [0.717, 1.165) is 25.1 Å². The van der Waals surface area contributed by atoms with Gasteiger partial charge in [0.1, 0.15) is 5.82 Å².